The Kier molecular flexibility index (Phi) is 3.45. The van der Waals surface area contributed by atoms with Crippen molar-refractivity contribution in [1.29, 1.82) is 0 Å². The fourth-order valence-corrected chi connectivity index (χ4v) is 1.49. The highest BCUT2D eigenvalue weighted by Crippen LogP contribution is 2.12. The summed E-state index contributed by atoms with van der Waals surface area (Å²) in [4.78, 5) is 11.7. The molecule has 4 nitrogen and oxygen atoms in total. The molecule has 1 aromatic heterocycles. The smallest absolute Gasteiger partial charge is 0.319 e. The van der Waals surface area contributed by atoms with Gasteiger partial charge in [0, 0.05) is 5.69 Å². The number of carbonyl (C=O) groups is 1. The van der Waals surface area contributed by atoms with E-state index in [-0.39, 0.29) is 12.1 Å². The molecule has 0 fully saturated rings. The average Bonchev–Trinajstić information content (AvgIpc) is 2.83. The molecule has 0 aliphatic carbocycles. The molecule has 2 rings (SSSR count). The Morgan fingerprint density at radius 1 is 1.18 bits per heavy atom. The summed E-state index contributed by atoms with van der Waals surface area (Å²) in [5.41, 5.74) is 0.761. The predicted octanol–water partition coefficient (Wildman–Crippen LogP) is 3.16. The molecule has 0 saturated heterocycles. The summed E-state index contributed by atoms with van der Waals surface area (Å²) < 4.78 is 5.20. The van der Waals surface area contributed by atoms with Gasteiger partial charge in [-0.2, -0.15) is 0 Å². The molecule has 17 heavy (non-hydrogen) atoms. The SMILES string of the molecule is CC(NC(=O)Nc1ccccc1)c1ccco1. The lowest BCUT2D eigenvalue weighted by Gasteiger charge is -2.12. The molecule has 1 heterocycles. The fraction of sp³-hybridized carbons (Fsp3) is 0.154. The molecule has 1 aromatic carbocycles. The molecule has 0 bridgehead atoms. The summed E-state index contributed by atoms with van der Waals surface area (Å²) in [6, 6.07) is 12.5. The van der Waals surface area contributed by atoms with Gasteiger partial charge in [-0.15, -0.1) is 0 Å². The zero-order valence-electron chi connectivity index (χ0n) is 9.51. The number of hydrogen-bond donors (Lipinski definition) is 2. The van der Waals surface area contributed by atoms with Gasteiger partial charge in [-0.25, -0.2) is 4.79 Å². The molecule has 0 radical (unpaired) electrons. The van der Waals surface area contributed by atoms with E-state index in [2.05, 4.69) is 10.6 Å². The second-order valence-electron chi connectivity index (χ2n) is 3.70. The van der Waals surface area contributed by atoms with Crippen LogP contribution in [0.4, 0.5) is 10.5 Å². The van der Waals surface area contributed by atoms with Gasteiger partial charge in [-0.3, -0.25) is 0 Å². The van der Waals surface area contributed by atoms with E-state index in [0.29, 0.717) is 0 Å². The molecule has 2 aromatic rings. The molecule has 0 aliphatic rings. The maximum Gasteiger partial charge on any atom is 0.319 e. The van der Waals surface area contributed by atoms with E-state index in [1.807, 2.05) is 43.3 Å². The number of nitrogens with one attached hydrogen (secondary N) is 2. The highest BCUT2D eigenvalue weighted by atomic mass is 16.3. The van der Waals surface area contributed by atoms with Crippen molar-refractivity contribution in [2.45, 2.75) is 13.0 Å². The van der Waals surface area contributed by atoms with Crippen molar-refractivity contribution in [3.8, 4) is 0 Å². The first-order valence-electron chi connectivity index (χ1n) is 5.41. The van der Waals surface area contributed by atoms with E-state index in [9.17, 15) is 4.79 Å². The number of hydrogen-bond acceptors (Lipinski definition) is 2. The van der Waals surface area contributed by atoms with Gasteiger partial charge in [0.25, 0.3) is 0 Å². The van der Waals surface area contributed by atoms with E-state index in [0.717, 1.165) is 11.4 Å². The number of amides is 2. The highest BCUT2D eigenvalue weighted by molar-refractivity contribution is 5.89. The fourth-order valence-electron chi connectivity index (χ4n) is 1.49. The minimum Gasteiger partial charge on any atom is -0.467 e. The van der Waals surface area contributed by atoms with E-state index in [1.165, 1.54) is 0 Å². The van der Waals surface area contributed by atoms with Crippen molar-refractivity contribution < 1.29 is 9.21 Å². The van der Waals surface area contributed by atoms with E-state index in [4.69, 9.17) is 4.42 Å². The third kappa shape index (κ3) is 3.11. The monoisotopic (exact) mass is 230 g/mol. The molecule has 1 unspecified atom stereocenters. The standard InChI is InChI=1S/C13H14N2O2/c1-10(12-8-5-9-17-12)14-13(16)15-11-6-3-2-4-7-11/h2-10H,1H3,(H2,14,15,16). The number of para-hydroxylation sites is 1. The van der Waals surface area contributed by atoms with Crippen LogP contribution in [0, 0.1) is 0 Å². The van der Waals surface area contributed by atoms with Crippen LogP contribution < -0.4 is 10.6 Å². The van der Waals surface area contributed by atoms with E-state index in [1.54, 1.807) is 12.3 Å². The summed E-state index contributed by atoms with van der Waals surface area (Å²) in [6.07, 6.45) is 1.59. The molecule has 2 amide bonds. The van der Waals surface area contributed by atoms with Gasteiger partial charge in [0.15, 0.2) is 0 Å². The largest absolute Gasteiger partial charge is 0.467 e. The second kappa shape index (κ2) is 5.21. The second-order valence-corrected chi connectivity index (χ2v) is 3.70. The van der Waals surface area contributed by atoms with Crippen LogP contribution in [0.2, 0.25) is 0 Å². The Hall–Kier alpha value is -2.23. The number of furan rings is 1. The Balaban J connectivity index is 1.90. The van der Waals surface area contributed by atoms with Gasteiger partial charge in [-0.05, 0) is 31.2 Å². The van der Waals surface area contributed by atoms with Crippen molar-refractivity contribution in [3.63, 3.8) is 0 Å². The van der Waals surface area contributed by atoms with Crippen LogP contribution in [-0.2, 0) is 0 Å². The highest BCUT2D eigenvalue weighted by Gasteiger charge is 2.11. The van der Waals surface area contributed by atoms with Crippen molar-refractivity contribution in [1.82, 2.24) is 5.32 Å². The zero-order valence-corrected chi connectivity index (χ0v) is 9.51. The van der Waals surface area contributed by atoms with Gasteiger partial charge >= 0.3 is 6.03 Å². The minimum absolute atomic E-state index is 0.159. The lowest BCUT2D eigenvalue weighted by atomic mass is 10.2. The first kappa shape index (κ1) is 11.3. The van der Waals surface area contributed by atoms with Crippen LogP contribution in [0.25, 0.3) is 0 Å². The van der Waals surface area contributed by atoms with Crippen LogP contribution in [0.5, 0.6) is 0 Å². The molecule has 1 atom stereocenters. The summed E-state index contributed by atoms with van der Waals surface area (Å²) in [5.74, 6) is 0.730. The van der Waals surface area contributed by atoms with E-state index < -0.39 is 0 Å². The quantitative estimate of drug-likeness (QED) is 0.850. The van der Waals surface area contributed by atoms with Gasteiger partial charge in [-0.1, -0.05) is 18.2 Å². The van der Waals surface area contributed by atoms with Crippen molar-refractivity contribution >= 4 is 11.7 Å². The minimum atomic E-state index is -0.250. The third-order valence-corrected chi connectivity index (χ3v) is 2.35. The molecular weight excluding hydrogens is 216 g/mol. The van der Waals surface area contributed by atoms with Crippen LogP contribution in [0.15, 0.2) is 53.1 Å². The lowest BCUT2D eigenvalue weighted by molar-refractivity contribution is 0.247. The Labute approximate surface area is 99.6 Å². The molecule has 0 aliphatic heterocycles. The predicted molar refractivity (Wildman–Crippen MR) is 65.7 cm³/mol. The first-order valence-corrected chi connectivity index (χ1v) is 5.41. The lowest BCUT2D eigenvalue weighted by Crippen LogP contribution is -2.30. The van der Waals surface area contributed by atoms with Gasteiger partial charge < -0.3 is 15.1 Å². The Bertz CT molecular complexity index is 465. The van der Waals surface area contributed by atoms with Crippen molar-refractivity contribution in [2.24, 2.45) is 0 Å². The third-order valence-electron chi connectivity index (χ3n) is 2.35. The van der Waals surface area contributed by atoms with E-state index >= 15 is 0 Å². The molecule has 2 N–H and O–H groups in total. The van der Waals surface area contributed by atoms with Gasteiger partial charge in [0.2, 0.25) is 0 Å². The van der Waals surface area contributed by atoms with Crippen LogP contribution in [-0.4, -0.2) is 6.03 Å². The summed E-state index contributed by atoms with van der Waals surface area (Å²) >= 11 is 0. The average molecular weight is 230 g/mol. The summed E-state index contributed by atoms with van der Waals surface area (Å²) in [6.45, 7) is 1.86. The topological polar surface area (TPSA) is 54.3 Å². The summed E-state index contributed by atoms with van der Waals surface area (Å²) in [7, 11) is 0. The summed E-state index contributed by atoms with van der Waals surface area (Å²) in [5, 5.41) is 5.53. The maximum atomic E-state index is 11.7. The molecule has 0 saturated carbocycles. The van der Waals surface area contributed by atoms with Gasteiger partial charge in [0.05, 0.1) is 12.3 Å². The van der Waals surface area contributed by atoms with Crippen LogP contribution in [0.3, 0.4) is 0 Å². The number of benzene rings is 1. The Morgan fingerprint density at radius 3 is 2.59 bits per heavy atom. The zero-order chi connectivity index (χ0) is 12.1. The molecule has 88 valence electrons. The van der Waals surface area contributed by atoms with Crippen LogP contribution >= 0.6 is 0 Å². The van der Waals surface area contributed by atoms with Crippen molar-refractivity contribution in [2.75, 3.05) is 5.32 Å². The maximum absolute atomic E-state index is 11.7. The molecular formula is C13H14N2O2. The number of anilines is 1. The van der Waals surface area contributed by atoms with Crippen molar-refractivity contribution in [3.05, 3.63) is 54.5 Å². The molecule has 4 heteroatoms. The number of rotatable bonds is 3. The van der Waals surface area contributed by atoms with Gasteiger partial charge in [0.1, 0.15) is 5.76 Å². The first-order chi connectivity index (χ1) is 8.25. The number of urea groups is 1. The van der Waals surface area contributed by atoms with Crippen LogP contribution in [0.1, 0.15) is 18.7 Å². The number of carbonyl (C=O) groups excluding carboxylic acids is 1. The normalized spacial score (nSPS) is 11.8. The Morgan fingerprint density at radius 2 is 1.94 bits per heavy atom. The molecule has 0 spiro atoms.